The second-order valence-electron chi connectivity index (χ2n) is 7.74. The average Bonchev–Trinajstić information content (AvgIpc) is 2.89. The van der Waals surface area contributed by atoms with Gasteiger partial charge in [0.15, 0.2) is 5.60 Å². The van der Waals surface area contributed by atoms with Crippen molar-refractivity contribution in [1.29, 1.82) is 0 Å². The van der Waals surface area contributed by atoms with E-state index in [4.69, 9.17) is 0 Å². The quantitative estimate of drug-likeness (QED) is 0.847. The Balaban J connectivity index is 1.75. The number of benzene rings is 2. The smallest absolute Gasteiger partial charge is 0.262 e. The molecule has 2 aromatic carbocycles. The lowest BCUT2D eigenvalue weighted by Gasteiger charge is -2.30. The summed E-state index contributed by atoms with van der Waals surface area (Å²) in [4.78, 5) is 28.1. The summed E-state index contributed by atoms with van der Waals surface area (Å²) in [6, 6.07) is 18.6. The SMILES string of the molecule is O=C1[C@@H](c2ccccc2)[C@](O)(Cc2ccccc2)C(=O)N1C1CCCCC1. The maximum absolute atomic E-state index is 13.4. The molecular weight excluding hydrogens is 338 g/mol. The molecule has 0 radical (unpaired) electrons. The second-order valence-corrected chi connectivity index (χ2v) is 7.74. The first-order valence-corrected chi connectivity index (χ1v) is 9.80. The first-order chi connectivity index (χ1) is 13.1. The molecule has 1 N–H and O–H groups in total. The Morgan fingerprint density at radius 1 is 0.889 bits per heavy atom. The molecule has 2 fully saturated rings. The van der Waals surface area contributed by atoms with Crippen molar-refractivity contribution in [2.75, 3.05) is 0 Å². The van der Waals surface area contributed by atoms with E-state index in [0.717, 1.165) is 37.7 Å². The van der Waals surface area contributed by atoms with Crippen LogP contribution in [0.5, 0.6) is 0 Å². The Bertz CT molecular complexity index is 814. The van der Waals surface area contributed by atoms with Crippen molar-refractivity contribution in [3.63, 3.8) is 0 Å². The van der Waals surface area contributed by atoms with Crippen LogP contribution in [0.3, 0.4) is 0 Å². The fourth-order valence-electron chi connectivity index (χ4n) is 4.61. The van der Waals surface area contributed by atoms with Crippen molar-refractivity contribution in [3.8, 4) is 0 Å². The predicted molar refractivity (Wildman–Crippen MR) is 103 cm³/mol. The van der Waals surface area contributed by atoms with Crippen LogP contribution in [-0.2, 0) is 16.0 Å². The first kappa shape index (κ1) is 17.9. The molecule has 27 heavy (non-hydrogen) atoms. The summed E-state index contributed by atoms with van der Waals surface area (Å²) in [5, 5.41) is 11.6. The van der Waals surface area contributed by atoms with Crippen molar-refractivity contribution < 1.29 is 14.7 Å². The topological polar surface area (TPSA) is 57.6 Å². The number of carbonyl (C=O) groups excluding carboxylic acids is 2. The molecule has 1 saturated carbocycles. The third-order valence-corrected chi connectivity index (χ3v) is 5.94. The van der Waals surface area contributed by atoms with Gasteiger partial charge in [0.2, 0.25) is 5.91 Å². The Labute approximate surface area is 159 Å². The van der Waals surface area contributed by atoms with Crippen molar-refractivity contribution >= 4 is 11.8 Å². The normalized spacial score (nSPS) is 26.6. The highest BCUT2D eigenvalue weighted by Gasteiger charge is 2.60. The minimum atomic E-state index is -1.74. The van der Waals surface area contributed by atoms with Crippen molar-refractivity contribution in [3.05, 3.63) is 71.8 Å². The van der Waals surface area contributed by atoms with Gasteiger partial charge < -0.3 is 5.11 Å². The summed E-state index contributed by atoms with van der Waals surface area (Å²) in [5.74, 6) is -1.54. The number of imide groups is 1. The molecule has 1 heterocycles. The molecule has 1 saturated heterocycles. The molecule has 1 aliphatic carbocycles. The molecule has 4 rings (SSSR count). The van der Waals surface area contributed by atoms with Crippen LogP contribution < -0.4 is 0 Å². The van der Waals surface area contributed by atoms with Gasteiger partial charge in [-0.3, -0.25) is 14.5 Å². The molecule has 1 aliphatic heterocycles. The van der Waals surface area contributed by atoms with E-state index in [1.807, 2.05) is 60.7 Å². The Hall–Kier alpha value is -2.46. The van der Waals surface area contributed by atoms with Crippen LogP contribution in [0.25, 0.3) is 0 Å². The van der Waals surface area contributed by atoms with E-state index >= 15 is 0 Å². The molecule has 2 amide bonds. The van der Waals surface area contributed by atoms with Crippen LogP contribution >= 0.6 is 0 Å². The van der Waals surface area contributed by atoms with E-state index in [0.29, 0.717) is 5.56 Å². The van der Waals surface area contributed by atoms with E-state index in [1.165, 1.54) is 4.90 Å². The number of hydrogen-bond donors (Lipinski definition) is 1. The predicted octanol–water partition coefficient (Wildman–Crippen LogP) is 3.45. The highest BCUT2D eigenvalue weighted by Crippen LogP contribution is 2.43. The lowest BCUT2D eigenvalue weighted by molar-refractivity contribution is -0.148. The molecular formula is C23H25NO3. The zero-order chi connectivity index (χ0) is 18.9. The van der Waals surface area contributed by atoms with Gasteiger partial charge in [-0.05, 0) is 24.0 Å². The number of amides is 2. The number of carbonyl (C=O) groups is 2. The standard InChI is InChI=1S/C23H25NO3/c25-21-20(18-12-6-2-7-13-18)23(27,16-17-10-4-1-5-11-17)22(26)24(21)19-14-8-3-9-15-19/h1-2,4-7,10-13,19-20,27H,3,8-9,14-16H2/t20-,23-/m1/s1. The molecule has 0 unspecified atom stereocenters. The van der Waals surface area contributed by atoms with E-state index < -0.39 is 17.4 Å². The fourth-order valence-corrected chi connectivity index (χ4v) is 4.61. The van der Waals surface area contributed by atoms with Gasteiger partial charge in [-0.1, -0.05) is 79.9 Å². The van der Waals surface area contributed by atoms with Gasteiger partial charge in [-0.25, -0.2) is 0 Å². The third kappa shape index (κ3) is 3.19. The van der Waals surface area contributed by atoms with Crippen LogP contribution in [0.2, 0.25) is 0 Å². The van der Waals surface area contributed by atoms with E-state index in [1.54, 1.807) is 0 Å². The van der Waals surface area contributed by atoms with E-state index in [-0.39, 0.29) is 18.4 Å². The number of aliphatic hydroxyl groups is 1. The Kier molecular flexibility index (Phi) is 4.83. The molecule has 4 heteroatoms. The van der Waals surface area contributed by atoms with E-state index in [2.05, 4.69) is 0 Å². The zero-order valence-electron chi connectivity index (χ0n) is 15.4. The van der Waals surface area contributed by atoms with Crippen LogP contribution in [0, 0.1) is 0 Å². The van der Waals surface area contributed by atoms with Gasteiger partial charge in [0.1, 0.15) is 5.92 Å². The minimum absolute atomic E-state index is 0.0882. The summed E-state index contributed by atoms with van der Waals surface area (Å²) in [5.41, 5.74) is -0.183. The van der Waals surface area contributed by atoms with Crippen molar-refractivity contribution in [2.24, 2.45) is 0 Å². The molecule has 4 nitrogen and oxygen atoms in total. The van der Waals surface area contributed by atoms with Crippen LogP contribution in [0.4, 0.5) is 0 Å². The number of likely N-dealkylation sites (tertiary alicyclic amines) is 1. The molecule has 2 atom stereocenters. The summed E-state index contributed by atoms with van der Waals surface area (Å²) < 4.78 is 0. The van der Waals surface area contributed by atoms with Crippen LogP contribution in [-0.4, -0.2) is 33.5 Å². The van der Waals surface area contributed by atoms with Crippen LogP contribution in [0.15, 0.2) is 60.7 Å². The summed E-state index contributed by atoms with van der Waals surface area (Å²) in [6.45, 7) is 0. The summed E-state index contributed by atoms with van der Waals surface area (Å²) in [6.07, 6.45) is 4.99. The maximum atomic E-state index is 13.4. The summed E-state index contributed by atoms with van der Waals surface area (Å²) >= 11 is 0. The number of rotatable bonds is 4. The Morgan fingerprint density at radius 2 is 1.48 bits per heavy atom. The number of hydrogen-bond acceptors (Lipinski definition) is 3. The highest BCUT2D eigenvalue weighted by molar-refractivity contribution is 6.12. The first-order valence-electron chi connectivity index (χ1n) is 9.80. The monoisotopic (exact) mass is 363 g/mol. The van der Waals surface area contributed by atoms with Crippen molar-refractivity contribution in [1.82, 2.24) is 4.90 Å². The van der Waals surface area contributed by atoms with Crippen LogP contribution in [0.1, 0.15) is 49.1 Å². The molecule has 2 aliphatic rings. The van der Waals surface area contributed by atoms with Gasteiger partial charge in [-0.15, -0.1) is 0 Å². The van der Waals surface area contributed by atoms with Gasteiger partial charge >= 0.3 is 0 Å². The van der Waals surface area contributed by atoms with Gasteiger partial charge in [0.25, 0.3) is 5.91 Å². The molecule has 140 valence electrons. The van der Waals surface area contributed by atoms with Gasteiger partial charge in [-0.2, -0.15) is 0 Å². The van der Waals surface area contributed by atoms with E-state index in [9.17, 15) is 14.7 Å². The van der Waals surface area contributed by atoms with Gasteiger partial charge in [0.05, 0.1) is 0 Å². The maximum Gasteiger partial charge on any atom is 0.262 e. The average molecular weight is 363 g/mol. The number of nitrogens with zero attached hydrogens (tertiary/aromatic N) is 1. The second kappa shape index (κ2) is 7.28. The molecule has 2 aromatic rings. The third-order valence-electron chi connectivity index (χ3n) is 5.94. The lowest BCUT2D eigenvalue weighted by Crippen LogP contribution is -2.47. The Morgan fingerprint density at radius 3 is 2.11 bits per heavy atom. The minimum Gasteiger partial charge on any atom is -0.378 e. The fraction of sp³-hybridized carbons (Fsp3) is 0.391. The zero-order valence-corrected chi connectivity index (χ0v) is 15.4. The lowest BCUT2D eigenvalue weighted by atomic mass is 9.80. The molecule has 0 spiro atoms. The highest BCUT2D eigenvalue weighted by atomic mass is 16.3. The van der Waals surface area contributed by atoms with Crippen molar-refractivity contribution in [2.45, 2.75) is 56.1 Å². The van der Waals surface area contributed by atoms with Gasteiger partial charge in [0, 0.05) is 12.5 Å². The largest absolute Gasteiger partial charge is 0.378 e. The molecule has 0 bridgehead atoms. The summed E-state index contributed by atoms with van der Waals surface area (Å²) in [7, 11) is 0. The molecule has 0 aromatic heterocycles.